The van der Waals surface area contributed by atoms with Gasteiger partial charge in [0.05, 0.1) is 6.20 Å². The number of carbonyl (C=O) groups excluding carboxylic acids is 1. The van der Waals surface area contributed by atoms with E-state index in [9.17, 15) is 4.79 Å². The van der Waals surface area contributed by atoms with Crippen molar-refractivity contribution < 1.29 is 9.53 Å². The summed E-state index contributed by atoms with van der Waals surface area (Å²) in [6.45, 7) is 3.77. The van der Waals surface area contributed by atoms with Gasteiger partial charge in [-0.05, 0) is 43.5 Å². The van der Waals surface area contributed by atoms with Crippen LogP contribution in [0, 0.1) is 0 Å². The molecule has 0 unspecified atom stereocenters. The van der Waals surface area contributed by atoms with Gasteiger partial charge >= 0.3 is 6.03 Å². The molecular weight excluding hydrogens is 330 g/mol. The van der Waals surface area contributed by atoms with Crippen LogP contribution in [0.15, 0.2) is 36.8 Å². The number of nitrogens with one attached hydrogen (secondary N) is 2. The van der Waals surface area contributed by atoms with E-state index < -0.39 is 0 Å². The zero-order valence-electron chi connectivity index (χ0n) is 14.8. The summed E-state index contributed by atoms with van der Waals surface area (Å²) in [6, 6.07) is 5.81. The number of fused-ring (bicyclic) bond motifs is 1. The van der Waals surface area contributed by atoms with E-state index in [2.05, 4.69) is 25.5 Å². The fourth-order valence-electron chi connectivity index (χ4n) is 3.56. The van der Waals surface area contributed by atoms with Gasteiger partial charge in [-0.15, -0.1) is 0 Å². The summed E-state index contributed by atoms with van der Waals surface area (Å²) in [6.07, 6.45) is 8.02. The van der Waals surface area contributed by atoms with Gasteiger partial charge < -0.3 is 20.3 Å². The topological polar surface area (TPSA) is 79.4 Å². The van der Waals surface area contributed by atoms with E-state index in [1.165, 1.54) is 0 Å². The molecule has 1 saturated heterocycles. The number of aromatic nitrogens is 2. The molecule has 1 aromatic heterocycles. The van der Waals surface area contributed by atoms with Crippen LogP contribution in [0.1, 0.15) is 25.3 Å². The van der Waals surface area contributed by atoms with Crippen molar-refractivity contribution in [2.45, 2.75) is 38.3 Å². The van der Waals surface area contributed by atoms with Gasteiger partial charge in [0.15, 0.2) is 0 Å². The largest absolute Gasteiger partial charge is 0.490 e. The van der Waals surface area contributed by atoms with Gasteiger partial charge in [-0.1, -0.05) is 0 Å². The van der Waals surface area contributed by atoms with E-state index in [0.29, 0.717) is 0 Å². The third-order valence-electron chi connectivity index (χ3n) is 4.86. The Bertz CT molecular complexity index is 775. The first-order valence-electron chi connectivity index (χ1n) is 9.05. The fraction of sp³-hybridized carbons (Fsp3) is 0.421. The maximum absolute atomic E-state index is 12.3. The van der Waals surface area contributed by atoms with Crippen molar-refractivity contribution in [2.75, 3.05) is 23.3 Å². The molecule has 0 radical (unpaired) electrons. The van der Waals surface area contributed by atoms with Crippen LogP contribution in [0.3, 0.4) is 0 Å². The zero-order valence-corrected chi connectivity index (χ0v) is 14.8. The molecule has 1 aromatic carbocycles. The van der Waals surface area contributed by atoms with E-state index in [0.717, 1.165) is 55.2 Å². The van der Waals surface area contributed by atoms with Crippen LogP contribution >= 0.6 is 0 Å². The van der Waals surface area contributed by atoms with Gasteiger partial charge in [0, 0.05) is 43.6 Å². The highest BCUT2D eigenvalue weighted by Crippen LogP contribution is 2.30. The number of hydrogen-bond acceptors (Lipinski definition) is 5. The molecule has 4 rings (SSSR count). The van der Waals surface area contributed by atoms with E-state index in [1.54, 1.807) is 18.6 Å². The van der Waals surface area contributed by atoms with Gasteiger partial charge in [-0.3, -0.25) is 4.98 Å². The monoisotopic (exact) mass is 353 g/mol. The normalized spacial score (nSPS) is 19.6. The summed E-state index contributed by atoms with van der Waals surface area (Å²) in [7, 11) is 0. The number of benzene rings is 1. The van der Waals surface area contributed by atoms with Crippen LogP contribution in [0.2, 0.25) is 0 Å². The first-order chi connectivity index (χ1) is 12.7. The summed E-state index contributed by atoms with van der Waals surface area (Å²) in [5, 5.41) is 6.01. The molecule has 0 saturated carbocycles. The third kappa shape index (κ3) is 3.71. The Morgan fingerprint density at radius 2 is 2.12 bits per heavy atom. The lowest BCUT2D eigenvalue weighted by atomic mass is 10.1. The lowest BCUT2D eigenvalue weighted by molar-refractivity contribution is 0.246. The Morgan fingerprint density at radius 1 is 1.27 bits per heavy atom. The molecule has 2 aliphatic heterocycles. The highest BCUT2D eigenvalue weighted by Gasteiger charge is 2.22. The molecule has 0 bridgehead atoms. The van der Waals surface area contributed by atoms with Gasteiger partial charge in [-0.25, -0.2) is 9.78 Å². The molecule has 3 heterocycles. The summed E-state index contributed by atoms with van der Waals surface area (Å²) in [5.41, 5.74) is 1.95. The van der Waals surface area contributed by atoms with Gasteiger partial charge in [-0.2, -0.15) is 0 Å². The van der Waals surface area contributed by atoms with Crippen LogP contribution in [-0.2, 0) is 6.42 Å². The van der Waals surface area contributed by atoms with Crippen molar-refractivity contribution in [1.29, 1.82) is 0 Å². The minimum Gasteiger partial charge on any atom is -0.490 e. The second-order valence-corrected chi connectivity index (χ2v) is 6.88. The Kier molecular flexibility index (Phi) is 4.60. The number of nitrogens with zero attached hydrogens (tertiary/aromatic N) is 3. The molecule has 1 fully saturated rings. The van der Waals surface area contributed by atoms with Crippen LogP contribution in [0.25, 0.3) is 0 Å². The second kappa shape index (κ2) is 7.19. The minimum absolute atomic E-state index is 0.158. The third-order valence-corrected chi connectivity index (χ3v) is 4.86. The van der Waals surface area contributed by atoms with Crippen LogP contribution in [0.4, 0.5) is 16.3 Å². The van der Waals surface area contributed by atoms with Crippen molar-refractivity contribution in [2.24, 2.45) is 0 Å². The van der Waals surface area contributed by atoms with Gasteiger partial charge in [0.25, 0.3) is 0 Å². The van der Waals surface area contributed by atoms with Crippen molar-refractivity contribution in [3.05, 3.63) is 42.4 Å². The van der Waals surface area contributed by atoms with E-state index in [4.69, 9.17) is 4.74 Å². The highest BCUT2D eigenvalue weighted by molar-refractivity contribution is 5.89. The Balaban J connectivity index is 1.28. The summed E-state index contributed by atoms with van der Waals surface area (Å²) >= 11 is 0. The maximum Gasteiger partial charge on any atom is 0.319 e. The lowest BCUT2D eigenvalue weighted by Crippen LogP contribution is -2.46. The SMILES string of the molecule is C[C@H]1Cc2cc(NC(=O)NC3CCN(c4cnccn4)CC3)ccc2O1. The number of ether oxygens (including phenoxy) is 1. The Hall–Kier alpha value is -2.83. The smallest absolute Gasteiger partial charge is 0.319 e. The van der Waals surface area contributed by atoms with Crippen LogP contribution < -0.4 is 20.3 Å². The number of amides is 2. The number of anilines is 2. The summed E-state index contributed by atoms with van der Waals surface area (Å²) < 4.78 is 5.69. The zero-order chi connectivity index (χ0) is 17.9. The van der Waals surface area contributed by atoms with Gasteiger partial charge in [0.1, 0.15) is 17.7 Å². The van der Waals surface area contributed by atoms with Gasteiger partial charge in [0.2, 0.25) is 0 Å². The number of rotatable bonds is 3. The first kappa shape index (κ1) is 16.6. The van der Waals surface area contributed by atoms with Crippen molar-refractivity contribution >= 4 is 17.5 Å². The minimum atomic E-state index is -0.158. The van der Waals surface area contributed by atoms with Crippen molar-refractivity contribution in [3.8, 4) is 5.75 Å². The van der Waals surface area contributed by atoms with E-state index >= 15 is 0 Å². The predicted molar refractivity (Wildman–Crippen MR) is 99.7 cm³/mol. The quantitative estimate of drug-likeness (QED) is 0.887. The summed E-state index contributed by atoms with van der Waals surface area (Å²) in [5.74, 6) is 1.81. The van der Waals surface area contributed by atoms with Crippen LogP contribution in [0.5, 0.6) is 5.75 Å². The molecule has 26 heavy (non-hydrogen) atoms. The molecule has 1 atom stereocenters. The van der Waals surface area contributed by atoms with Crippen molar-refractivity contribution in [1.82, 2.24) is 15.3 Å². The fourth-order valence-corrected chi connectivity index (χ4v) is 3.56. The van der Waals surface area contributed by atoms with E-state index in [1.807, 2.05) is 25.1 Å². The number of carbonyl (C=O) groups is 1. The number of piperidine rings is 1. The Labute approximate surface area is 152 Å². The first-order valence-corrected chi connectivity index (χ1v) is 9.05. The highest BCUT2D eigenvalue weighted by atomic mass is 16.5. The molecule has 2 amide bonds. The average Bonchev–Trinajstić information content (AvgIpc) is 3.02. The molecule has 0 spiro atoms. The molecule has 7 heteroatoms. The molecule has 7 nitrogen and oxygen atoms in total. The molecule has 2 aromatic rings. The Morgan fingerprint density at radius 3 is 2.88 bits per heavy atom. The summed E-state index contributed by atoms with van der Waals surface area (Å²) in [4.78, 5) is 22.9. The maximum atomic E-state index is 12.3. The molecule has 0 aliphatic carbocycles. The molecule has 2 aliphatic rings. The lowest BCUT2D eigenvalue weighted by Gasteiger charge is -2.32. The van der Waals surface area contributed by atoms with E-state index in [-0.39, 0.29) is 18.2 Å². The van der Waals surface area contributed by atoms with Crippen LogP contribution in [-0.4, -0.2) is 41.2 Å². The molecular formula is C19H23N5O2. The standard InChI is InChI=1S/C19H23N5O2/c1-13-10-14-11-16(2-3-17(14)26-13)23-19(25)22-15-4-8-24(9-5-15)18-12-20-6-7-21-18/h2-3,6-7,11-13,15H,4-5,8-10H2,1H3,(H2,22,23,25)/t13-/m0/s1. The average molecular weight is 353 g/mol. The van der Waals surface area contributed by atoms with Crippen molar-refractivity contribution in [3.63, 3.8) is 0 Å². The molecule has 2 N–H and O–H groups in total. The molecule has 136 valence electrons. The number of hydrogen-bond donors (Lipinski definition) is 2. The predicted octanol–water partition coefficient (Wildman–Crippen LogP) is 2.59. The number of urea groups is 1. The second-order valence-electron chi connectivity index (χ2n) is 6.88.